The zero-order valence-electron chi connectivity index (χ0n) is 19.8. The summed E-state index contributed by atoms with van der Waals surface area (Å²) in [6.07, 6.45) is 2.76. The van der Waals surface area contributed by atoms with Crippen molar-refractivity contribution in [1.29, 1.82) is 5.26 Å². The molecule has 2 aliphatic rings. The summed E-state index contributed by atoms with van der Waals surface area (Å²) in [4.78, 5) is 15.1. The third-order valence-corrected chi connectivity index (χ3v) is 7.22. The number of amides is 1. The van der Waals surface area contributed by atoms with Gasteiger partial charge in [0.2, 0.25) is 0 Å². The summed E-state index contributed by atoms with van der Waals surface area (Å²) in [5.74, 6) is -0.926. The number of nitrogens with one attached hydrogen (secondary N) is 1. The number of aliphatic hydroxyl groups excluding tert-OH is 2. The standard InChI is InChI=1S/C27H33N3O4/c1-17-18(2)27(33)34-24(25(17)31)16-29-26(32)22(15-28)13-19-6-7-21-14-23(9-8-20(21)12-19)30-10-4-3-5-11-30/h6-9,12-14,17-18,24-25,27,31,33H,3-5,10-11,16H2,1-2H3,(H,29,32)/b22-13+/t17?,18?,24-,25?,27?/m1/s1. The predicted octanol–water partition coefficient (Wildman–Crippen LogP) is 3.20. The van der Waals surface area contributed by atoms with Crippen molar-refractivity contribution in [3.63, 3.8) is 0 Å². The van der Waals surface area contributed by atoms with Crippen LogP contribution in [0.25, 0.3) is 16.8 Å². The Bertz CT molecular complexity index is 1100. The molecule has 7 nitrogen and oxygen atoms in total. The SMILES string of the molecule is CC1C(O)O[C@H](CNC(=O)/C(C#N)=C/c2ccc3cc(N4CCCCC4)ccc3c2)C(O)C1C. The number of nitriles is 1. The summed E-state index contributed by atoms with van der Waals surface area (Å²) in [6, 6.07) is 14.2. The molecule has 3 N–H and O–H groups in total. The van der Waals surface area contributed by atoms with E-state index in [1.54, 1.807) is 6.08 Å². The van der Waals surface area contributed by atoms with Crippen LogP contribution in [0.4, 0.5) is 5.69 Å². The van der Waals surface area contributed by atoms with Crippen molar-refractivity contribution in [2.45, 2.75) is 51.6 Å². The Balaban J connectivity index is 1.44. The predicted molar refractivity (Wildman–Crippen MR) is 132 cm³/mol. The summed E-state index contributed by atoms with van der Waals surface area (Å²) in [5, 5.41) is 34.8. The maximum absolute atomic E-state index is 12.6. The van der Waals surface area contributed by atoms with Gasteiger partial charge >= 0.3 is 0 Å². The molecule has 0 spiro atoms. The molecule has 1 amide bonds. The van der Waals surface area contributed by atoms with Crippen LogP contribution in [0.2, 0.25) is 0 Å². The molecule has 2 aliphatic heterocycles. The third-order valence-electron chi connectivity index (χ3n) is 7.22. The van der Waals surface area contributed by atoms with Gasteiger partial charge in [0.05, 0.1) is 6.10 Å². The van der Waals surface area contributed by atoms with Crippen LogP contribution in [-0.2, 0) is 9.53 Å². The van der Waals surface area contributed by atoms with Gasteiger partial charge in [-0.05, 0) is 65.8 Å². The fraction of sp³-hybridized carbons (Fsp3) is 0.481. The maximum atomic E-state index is 12.6. The van der Waals surface area contributed by atoms with Gasteiger partial charge in [-0.1, -0.05) is 32.0 Å². The van der Waals surface area contributed by atoms with Crippen LogP contribution in [0, 0.1) is 23.2 Å². The Morgan fingerprint density at radius 3 is 2.56 bits per heavy atom. The van der Waals surface area contributed by atoms with E-state index in [2.05, 4.69) is 28.4 Å². The fourth-order valence-corrected chi connectivity index (χ4v) is 4.76. The van der Waals surface area contributed by atoms with E-state index in [-0.39, 0.29) is 24.0 Å². The van der Waals surface area contributed by atoms with Crippen LogP contribution in [0.3, 0.4) is 0 Å². The van der Waals surface area contributed by atoms with Crippen LogP contribution in [0.5, 0.6) is 0 Å². The van der Waals surface area contributed by atoms with E-state index in [0.29, 0.717) is 0 Å². The van der Waals surface area contributed by atoms with Gasteiger partial charge in [0.1, 0.15) is 17.7 Å². The molecule has 0 aromatic heterocycles. The van der Waals surface area contributed by atoms with E-state index in [1.807, 2.05) is 38.1 Å². The van der Waals surface area contributed by atoms with Gasteiger partial charge in [0.25, 0.3) is 5.91 Å². The van der Waals surface area contributed by atoms with Gasteiger partial charge in [-0.15, -0.1) is 0 Å². The fourth-order valence-electron chi connectivity index (χ4n) is 4.76. The zero-order valence-corrected chi connectivity index (χ0v) is 19.8. The number of anilines is 1. The molecule has 2 saturated heterocycles. The van der Waals surface area contributed by atoms with Crippen molar-refractivity contribution in [2.24, 2.45) is 11.8 Å². The Hall–Kier alpha value is -2.92. The van der Waals surface area contributed by atoms with E-state index < -0.39 is 24.4 Å². The Morgan fingerprint density at radius 2 is 1.82 bits per heavy atom. The van der Waals surface area contributed by atoms with Crippen molar-refractivity contribution in [2.75, 3.05) is 24.5 Å². The number of hydrogen-bond acceptors (Lipinski definition) is 6. The summed E-state index contributed by atoms with van der Waals surface area (Å²) in [5.41, 5.74) is 1.96. The maximum Gasteiger partial charge on any atom is 0.262 e. The van der Waals surface area contributed by atoms with Crippen LogP contribution in [0.15, 0.2) is 42.0 Å². The van der Waals surface area contributed by atoms with Crippen molar-refractivity contribution in [1.82, 2.24) is 5.32 Å². The van der Waals surface area contributed by atoms with Crippen LogP contribution in [-0.4, -0.2) is 54.3 Å². The van der Waals surface area contributed by atoms with Gasteiger partial charge in [0, 0.05) is 31.2 Å². The average Bonchev–Trinajstić information content (AvgIpc) is 2.87. The molecule has 7 heteroatoms. The minimum atomic E-state index is -1.00. The van der Waals surface area contributed by atoms with Crippen molar-refractivity contribution in [3.05, 3.63) is 47.5 Å². The molecule has 0 saturated carbocycles. The molecular formula is C27H33N3O4. The molecule has 0 radical (unpaired) electrons. The minimum absolute atomic E-state index is 0.00410. The van der Waals surface area contributed by atoms with Crippen LogP contribution in [0.1, 0.15) is 38.7 Å². The quantitative estimate of drug-likeness (QED) is 0.465. The van der Waals surface area contributed by atoms with Crippen molar-refractivity contribution >= 4 is 28.4 Å². The zero-order chi connectivity index (χ0) is 24.2. The van der Waals surface area contributed by atoms with E-state index in [0.717, 1.165) is 29.4 Å². The van der Waals surface area contributed by atoms with Crippen LogP contribution >= 0.6 is 0 Å². The Labute approximate surface area is 200 Å². The van der Waals surface area contributed by atoms with Crippen molar-refractivity contribution in [3.8, 4) is 6.07 Å². The van der Waals surface area contributed by atoms with E-state index >= 15 is 0 Å². The van der Waals surface area contributed by atoms with Gasteiger partial charge in [0.15, 0.2) is 6.29 Å². The van der Waals surface area contributed by atoms with Gasteiger partial charge in [-0.25, -0.2) is 0 Å². The van der Waals surface area contributed by atoms with E-state index in [4.69, 9.17) is 4.74 Å². The van der Waals surface area contributed by atoms with Crippen LogP contribution < -0.4 is 10.2 Å². The number of nitrogens with zero attached hydrogens (tertiary/aromatic N) is 2. The summed E-state index contributed by atoms with van der Waals surface area (Å²) in [6.45, 7) is 5.83. The normalized spacial score (nSPS) is 27.9. The number of aliphatic hydroxyl groups is 2. The first kappa shape index (κ1) is 24.2. The van der Waals surface area contributed by atoms with Crippen molar-refractivity contribution < 1.29 is 19.7 Å². The lowest BCUT2D eigenvalue weighted by Crippen LogP contribution is -2.53. The first-order valence-corrected chi connectivity index (χ1v) is 12.1. The Kier molecular flexibility index (Phi) is 7.52. The van der Waals surface area contributed by atoms with Gasteiger partial charge in [-0.2, -0.15) is 5.26 Å². The highest BCUT2D eigenvalue weighted by Crippen LogP contribution is 2.29. The number of rotatable bonds is 5. The molecule has 2 aromatic rings. The smallest absolute Gasteiger partial charge is 0.262 e. The molecular weight excluding hydrogens is 430 g/mol. The minimum Gasteiger partial charge on any atom is -0.390 e. The summed E-state index contributed by atoms with van der Waals surface area (Å²) in [7, 11) is 0. The number of benzene rings is 2. The lowest BCUT2D eigenvalue weighted by atomic mass is 9.85. The van der Waals surface area contributed by atoms with Gasteiger partial charge < -0.3 is 25.2 Å². The van der Waals surface area contributed by atoms with E-state index in [9.17, 15) is 20.3 Å². The highest BCUT2D eigenvalue weighted by Gasteiger charge is 2.39. The monoisotopic (exact) mass is 463 g/mol. The number of fused-ring (bicyclic) bond motifs is 1. The number of carbonyl (C=O) groups excluding carboxylic acids is 1. The largest absolute Gasteiger partial charge is 0.390 e. The average molecular weight is 464 g/mol. The molecule has 0 bridgehead atoms. The highest BCUT2D eigenvalue weighted by atomic mass is 16.6. The highest BCUT2D eigenvalue weighted by molar-refractivity contribution is 6.02. The first-order chi connectivity index (χ1) is 16.4. The summed E-state index contributed by atoms with van der Waals surface area (Å²) >= 11 is 0. The first-order valence-electron chi connectivity index (χ1n) is 12.1. The lowest BCUT2D eigenvalue weighted by Gasteiger charge is -2.40. The lowest BCUT2D eigenvalue weighted by molar-refractivity contribution is -0.241. The molecule has 0 aliphatic carbocycles. The summed E-state index contributed by atoms with van der Waals surface area (Å²) < 4.78 is 5.45. The molecule has 4 rings (SSSR count). The Morgan fingerprint density at radius 1 is 1.12 bits per heavy atom. The molecule has 34 heavy (non-hydrogen) atoms. The van der Waals surface area contributed by atoms with E-state index in [1.165, 1.54) is 24.9 Å². The number of ether oxygens (including phenoxy) is 1. The second kappa shape index (κ2) is 10.6. The molecule has 180 valence electrons. The second-order valence-corrected chi connectivity index (χ2v) is 9.49. The third kappa shape index (κ3) is 5.25. The second-order valence-electron chi connectivity index (χ2n) is 9.49. The molecule has 2 heterocycles. The number of carbonyl (C=O) groups is 1. The topological polar surface area (TPSA) is 106 Å². The number of hydrogen-bond donors (Lipinski definition) is 3. The van der Waals surface area contributed by atoms with Gasteiger partial charge in [-0.3, -0.25) is 4.79 Å². The number of piperidine rings is 1. The molecule has 4 unspecified atom stereocenters. The molecule has 5 atom stereocenters. The molecule has 2 fully saturated rings. The molecule has 2 aromatic carbocycles.